The van der Waals surface area contributed by atoms with Crippen LogP contribution in [0, 0.1) is 5.92 Å². The molecule has 0 atom stereocenters. The van der Waals surface area contributed by atoms with Crippen LogP contribution in [-0.2, 0) is 17.9 Å². The van der Waals surface area contributed by atoms with Crippen molar-refractivity contribution in [1.29, 1.82) is 0 Å². The maximum Gasteiger partial charge on any atom is 0.216 e. The summed E-state index contributed by atoms with van der Waals surface area (Å²) < 4.78 is 0. The summed E-state index contributed by atoms with van der Waals surface area (Å²) in [6.45, 7) is 8.29. The first kappa shape index (κ1) is 28.9. The highest BCUT2D eigenvalue weighted by Gasteiger charge is 2.20. The van der Waals surface area contributed by atoms with E-state index in [0.29, 0.717) is 21.9 Å². The molecule has 0 unspecified atom stereocenters. The normalized spacial score (nSPS) is 17.1. The number of hydrogen-bond acceptors (Lipinski definition) is 4. The zero-order valence-electron chi connectivity index (χ0n) is 23.3. The third-order valence-corrected chi connectivity index (χ3v) is 8.66. The molecule has 40 heavy (non-hydrogen) atoms. The zero-order chi connectivity index (χ0) is 27.9. The first-order chi connectivity index (χ1) is 19.4. The maximum atomic E-state index is 11.3. The molecule has 2 aliphatic rings. The standard InChI is InChI=1S/C33H40Cl2N4O/c1-23(40)37-20-24-8-12-39(13-9-24)22-26-14-25(15-29(16-26)30-17-31(34)19-32(35)18-30)21-38-33-4-2-27(3-5-33)28-6-10-36-11-7-28/h2-5,14-19,24,28,36,38H,6-13,20-22H2,1H3,(H,37,40). The molecule has 212 valence electrons. The molecule has 0 saturated carbocycles. The Morgan fingerprint density at radius 1 is 0.875 bits per heavy atom. The van der Waals surface area contributed by atoms with Crippen molar-refractivity contribution < 1.29 is 4.79 Å². The van der Waals surface area contributed by atoms with E-state index in [2.05, 4.69) is 63.3 Å². The monoisotopic (exact) mass is 578 g/mol. The Bertz CT molecular complexity index is 1260. The van der Waals surface area contributed by atoms with E-state index in [1.807, 2.05) is 12.1 Å². The average molecular weight is 580 g/mol. The Balaban J connectivity index is 1.29. The molecule has 3 aromatic carbocycles. The minimum Gasteiger partial charge on any atom is -0.381 e. The van der Waals surface area contributed by atoms with Gasteiger partial charge < -0.3 is 16.0 Å². The van der Waals surface area contributed by atoms with Crippen LogP contribution in [0.3, 0.4) is 0 Å². The lowest BCUT2D eigenvalue weighted by Crippen LogP contribution is -2.37. The molecule has 0 radical (unpaired) electrons. The van der Waals surface area contributed by atoms with E-state index >= 15 is 0 Å². The third-order valence-electron chi connectivity index (χ3n) is 8.22. The molecule has 3 N–H and O–H groups in total. The van der Waals surface area contributed by atoms with Gasteiger partial charge in [-0.2, -0.15) is 0 Å². The highest BCUT2D eigenvalue weighted by Crippen LogP contribution is 2.31. The van der Waals surface area contributed by atoms with Crippen LogP contribution in [0.5, 0.6) is 0 Å². The molecule has 5 rings (SSSR count). The van der Waals surface area contributed by atoms with Crippen LogP contribution in [0.4, 0.5) is 5.69 Å². The molecule has 2 fully saturated rings. The van der Waals surface area contributed by atoms with Crippen molar-refractivity contribution in [2.45, 2.75) is 51.6 Å². The molecule has 0 bridgehead atoms. The smallest absolute Gasteiger partial charge is 0.216 e. The van der Waals surface area contributed by atoms with Crippen LogP contribution < -0.4 is 16.0 Å². The number of amides is 1. The molecular formula is C33H40Cl2N4O. The zero-order valence-corrected chi connectivity index (χ0v) is 24.8. The molecule has 2 heterocycles. The molecule has 3 aromatic rings. The number of carbonyl (C=O) groups excluding carboxylic acids is 1. The quantitative estimate of drug-likeness (QED) is 0.254. The summed E-state index contributed by atoms with van der Waals surface area (Å²) in [7, 11) is 0. The minimum atomic E-state index is 0.0548. The molecule has 1 amide bonds. The lowest BCUT2D eigenvalue weighted by atomic mass is 9.90. The number of likely N-dealkylation sites (tertiary alicyclic amines) is 1. The van der Waals surface area contributed by atoms with E-state index < -0.39 is 0 Å². The summed E-state index contributed by atoms with van der Waals surface area (Å²) in [5.74, 6) is 1.27. The van der Waals surface area contributed by atoms with Gasteiger partial charge in [-0.25, -0.2) is 0 Å². The predicted octanol–water partition coefficient (Wildman–Crippen LogP) is 7.09. The molecule has 2 aliphatic heterocycles. The predicted molar refractivity (Wildman–Crippen MR) is 167 cm³/mol. The number of carbonyl (C=O) groups is 1. The number of halogens is 2. The van der Waals surface area contributed by atoms with Crippen molar-refractivity contribution in [3.05, 3.63) is 87.4 Å². The number of nitrogens with one attached hydrogen (secondary N) is 3. The summed E-state index contributed by atoms with van der Waals surface area (Å²) in [5, 5.41) is 11.4. The van der Waals surface area contributed by atoms with Crippen molar-refractivity contribution in [2.75, 3.05) is 38.0 Å². The first-order valence-electron chi connectivity index (χ1n) is 14.5. The van der Waals surface area contributed by atoms with Gasteiger partial charge in [-0.05, 0) is 134 Å². The number of benzene rings is 3. The molecule has 0 aromatic heterocycles. The Morgan fingerprint density at radius 2 is 1.52 bits per heavy atom. The van der Waals surface area contributed by atoms with Gasteiger partial charge >= 0.3 is 0 Å². The molecule has 0 spiro atoms. The summed E-state index contributed by atoms with van der Waals surface area (Å²) in [5.41, 5.74) is 7.24. The van der Waals surface area contributed by atoms with Gasteiger partial charge in [-0.15, -0.1) is 0 Å². The van der Waals surface area contributed by atoms with E-state index in [1.54, 1.807) is 13.0 Å². The lowest BCUT2D eigenvalue weighted by Gasteiger charge is -2.32. The van der Waals surface area contributed by atoms with Gasteiger partial charge in [0, 0.05) is 42.3 Å². The second kappa shape index (κ2) is 13.9. The van der Waals surface area contributed by atoms with E-state index in [9.17, 15) is 4.79 Å². The number of rotatable bonds is 9. The van der Waals surface area contributed by atoms with E-state index in [-0.39, 0.29) is 5.91 Å². The summed E-state index contributed by atoms with van der Waals surface area (Å²) in [6.07, 6.45) is 4.63. The van der Waals surface area contributed by atoms with E-state index in [1.165, 1.54) is 29.5 Å². The van der Waals surface area contributed by atoms with Crippen LogP contribution in [0.15, 0.2) is 60.7 Å². The van der Waals surface area contributed by atoms with Crippen LogP contribution >= 0.6 is 23.2 Å². The molecular weight excluding hydrogens is 539 g/mol. The van der Waals surface area contributed by atoms with Gasteiger partial charge in [0.2, 0.25) is 5.91 Å². The summed E-state index contributed by atoms with van der Waals surface area (Å²) in [6, 6.07) is 21.5. The topological polar surface area (TPSA) is 56.4 Å². The Kier molecular flexibility index (Phi) is 10.0. The van der Waals surface area contributed by atoms with Gasteiger partial charge in [0.15, 0.2) is 0 Å². The Hall–Kier alpha value is -2.57. The molecule has 5 nitrogen and oxygen atoms in total. The fourth-order valence-electron chi connectivity index (χ4n) is 5.97. The lowest BCUT2D eigenvalue weighted by molar-refractivity contribution is -0.119. The van der Waals surface area contributed by atoms with Crippen molar-refractivity contribution in [3.8, 4) is 11.1 Å². The van der Waals surface area contributed by atoms with E-state index in [0.717, 1.165) is 75.5 Å². The number of nitrogens with zero attached hydrogens (tertiary/aromatic N) is 1. The van der Waals surface area contributed by atoms with Crippen LogP contribution in [-0.4, -0.2) is 43.5 Å². The minimum absolute atomic E-state index is 0.0548. The van der Waals surface area contributed by atoms with E-state index in [4.69, 9.17) is 23.2 Å². The molecule has 2 saturated heterocycles. The van der Waals surface area contributed by atoms with Gasteiger partial charge in [-0.1, -0.05) is 41.4 Å². The Morgan fingerprint density at radius 3 is 2.20 bits per heavy atom. The molecule has 7 heteroatoms. The average Bonchev–Trinajstić information content (AvgIpc) is 2.96. The highest BCUT2D eigenvalue weighted by atomic mass is 35.5. The number of anilines is 1. The molecule has 0 aliphatic carbocycles. The van der Waals surface area contributed by atoms with Gasteiger partial charge in [0.1, 0.15) is 0 Å². The second-order valence-electron chi connectivity index (χ2n) is 11.4. The fourth-order valence-corrected chi connectivity index (χ4v) is 6.50. The van der Waals surface area contributed by atoms with Crippen molar-refractivity contribution >= 4 is 34.8 Å². The number of piperidine rings is 2. The van der Waals surface area contributed by atoms with Gasteiger partial charge in [0.05, 0.1) is 0 Å². The number of hydrogen-bond donors (Lipinski definition) is 3. The fraction of sp³-hybridized carbons (Fsp3) is 0.424. The second-order valence-corrected chi connectivity index (χ2v) is 12.2. The van der Waals surface area contributed by atoms with Crippen molar-refractivity contribution in [3.63, 3.8) is 0 Å². The SMILES string of the molecule is CC(=O)NCC1CCN(Cc2cc(CNc3ccc(C4CCNCC4)cc3)cc(-c3cc(Cl)cc(Cl)c3)c2)CC1. The summed E-state index contributed by atoms with van der Waals surface area (Å²) in [4.78, 5) is 13.8. The van der Waals surface area contributed by atoms with Crippen LogP contribution in [0.1, 0.15) is 55.2 Å². The van der Waals surface area contributed by atoms with Gasteiger partial charge in [0.25, 0.3) is 0 Å². The first-order valence-corrected chi connectivity index (χ1v) is 15.3. The van der Waals surface area contributed by atoms with Crippen LogP contribution in [0.25, 0.3) is 11.1 Å². The van der Waals surface area contributed by atoms with Gasteiger partial charge in [-0.3, -0.25) is 9.69 Å². The van der Waals surface area contributed by atoms with Crippen molar-refractivity contribution in [1.82, 2.24) is 15.5 Å². The van der Waals surface area contributed by atoms with Crippen molar-refractivity contribution in [2.24, 2.45) is 5.92 Å². The summed E-state index contributed by atoms with van der Waals surface area (Å²) >= 11 is 12.7. The van der Waals surface area contributed by atoms with Crippen LogP contribution in [0.2, 0.25) is 10.0 Å². The highest BCUT2D eigenvalue weighted by molar-refractivity contribution is 6.35. The Labute approximate surface area is 248 Å². The maximum absolute atomic E-state index is 11.3. The largest absolute Gasteiger partial charge is 0.381 e. The third kappa shape index (κ3) is 8.23.